The van der Waals surface area contributed by atoms with Gasteiger partial charge in [-0.25, -0.2) is 4.39 Å². The first kappa shape index (κ1) is 15.5. The Balaban J connectivity index is 2.17. The average Bonchev–Trinajstić information content (AvgIpc) is 2.45. The highest BCUT2D eigenvalue weighted by molar-refractivity contribution is 9.10. The van der Waals surface area contributed by atoms with Crippen LogP contribution in [-0.4, -0.2) is 16.0 Å². The minimum Gasteiger partial charge on any atom is -0.409 e. The second kappa shape index (κ2) is 6.73. The molecule has 0 atom stereocenters. The number of halogens is 3. The lowest BCUT2D eigenvalue weighted by Crippen LogP contribution is -2.15. The fraction of sp³-hybridized carbons (Fsp3) is 0.0769. The van der Waals surface area contributed by atoms with Crippen molar-refractivity contribution >= 4 is 39.1 Å². The molecule has 110 valence electrons. The molecule has 0 aliphatic rings. The van der Waals surface area contributed by atoms with Crippen LogP contribution in [0.1, 0.15) is 11.3 Å². The zero-order valence-electron chi connectivity index (χ0n) is 10.6. The topological polar surface area (TPSA) is 83.5 Å². The van der Waals surface area contributed by atoms with Crippen LogP contribution in [-0.2, 0) is 6.54 Å². The summed E-state index contributed by atoms with van der Waals surface area (Å²) in [5.41, 5.74) is 7.27. The van der Waals surface area contributed by atoms with E-state index < -0.39 is 5.82 Å². The van der Waals surface area contributed by atoms with Gasteiger partial charge in [0.05, 0.1) is 10.7 Å². The predicted octanol–water partition coefficient (Wildman–Crippen LogP) is 3.34. The van der Waals surface area contributed by atoms with Gasteiger partial charge in [0.1, 0.15) is 11.5 Å². The van der Waals surface area contributed by atoms with Crippen molar-refractivity contribution in [3.05, 3.63) is 57.0 Å². The Labute approximate surface area is 133 Å². The Morgan fingerprint density at radius 2 is 2.24 bits per heavy atom. The summed E-state index contributed by atoms with van der Waals surface area (Å²) in [6.45, 7) is 0.415. The van der Waals surface area contributed by atoms with E-state index in [9.17, 15) is 4.39 Å². The maximum Gasteiger partial charge on any atom is 0.188 e. The highest BCUT2D eigenvalue weighted by Crippen LogP contribution is 2.32. The first-order valence-electron chi connectivity index (χ1n) is 5.82. The molecule has 0 fully saturated rings. The maximum absolute atomic E-state index is 13.2. The van der Waals surface area contributed by atoms with Gasteiger partial charge in [0.15, 0.2) is 5.84 Å². The SMILES string of the molecule is N/C(=N/O)c1cc(CNc2c(Cl)cc(F)cc2Br)ccn1. The second-order valence-electron chi connectivity index (χ2n) is 4.13. The third-order valence-electron chi connectivity index (χ3n) is 2.67. The summed E-state index contributed by atoms with van der Waals surface area (Å²) in [6.07, 6.45) is 1.55. The zero-order chi connectivity index (χ0) is 15.4. The largest absolute Gasteiger partial charge is 0.409 e. The quantitative estimate of drug-likeness (QED) is 0.332. The average molecular weight is 374 g/mol. The van der Waals surface area contributed by atoms with Gasteiger partial charge in [0.25, 0.3) is 0 Å². The summed E-state index contributed by atoms with van der Waals surface area (Å²) >= 11 is 9.24. The van der Waals surface area contributed by atoms with Crippen molar-refractivity contribution in [1.29, 1.82) is 0 Å². The molecule has 1 heterocycles. The van der Waals surface area contributed by atoms with Crippen LogP contribution in [0.15, 0.2) is 40.1 Å². The third kappa shape index (κ3) is 3.83. The van der Waals surface area contributed by atoms with Crippen LogP contribution in [0.2, 0.25) is 5.02 Å². The summed E-state index contributed by atoms with van der Waals surface area (Å²) in [5.74, 6) is -0.492. The molecule has 0 amide bonds. The number of rotatable bonds is 4. The number of hydrogen-bond acceptors (Lipinski definition) is 4. The Kier molecular flexibility index (Phi) is 4.98. The van der Waals surface area contributed by atoms with Crippen LogP contribution in [0, 0.1) is 5.82 Å². The van der Waals surface area contributed by atoms with E-state index in [1.807, 2.05) is 0 Å². The van der Waals surface area contributed by atoms with Gasteiger partial charge in [-0.2, -0.15) is 0 Å². The van der Waals surface area contributed by atoms with E-state index in [1.54, 1.807) is 18.3 Å². The lowest BCUT2D eigenvalue weighted by Gasteiger charge is -2.11. The van der Waals surface area contributed by atoms with Crippen molar-refractivity contribution in [2.45, 2.75) is 6.54 Å². The van der Waals surface area contributed by atoms with Crippen LogP contribution in [0.3, 0.4) is 0 Å². The summed E-state index contributed by atoms with van der Waals surface area (Å²) in [7, 11) is 0. The number of oxime groups is 1. The Bertz CT molecular complexity index is 673. The smallest absolute Gasteiger partial charge is 0.188 e. The molecule has 0 unspecified atom stereocenters. The fourth-order valence-electron chi connectivity index (χ4n) is 1.68. The highest BCUT2D eigenvalue weighted by atomic mass is 79.9. The number of pyridine rings is 1. The molecule has 8 heteroatoms. The molecule has 1 aromatic heterocycles. The van der Waals surface area contributed by atoms with Gasteiger partial charge in [-0.1, -0.05) is 16.8 Å². The highest BCUT2D eigenvalue weighted by Gasteiger charge is 2.08. The molecule has 0 spiro atoms. The number of nitrogens with two attached hydrogens (primary N) is 1. The standard InChI is InChI=1S/C13H11BrClFN4O/c14-9-4-8(16)5-10(15)12(9)19-6-7-1-2-18-11(3-7)13(17)20-21/h1-5,19,21H,6H2,(H2,17,20). The van der Waals surface area contributed by atoms with Crippen LogP contribution < -0.4 is 11.1 Å². The minimum atomic E-state index is -0.421. The van der Waals surface area contributed by atoms with E-state index in [-0.39, 0.29) is 10.9 Å². The van der Waals surface area contributed by atoms with E-state index in [2.05, 4.69) is 31.4 Å². The molecule has 0 saturated heterocycles. The van der Waals surface area contributed by atoms with E-state index in [4.69, 9.17) is 22.5 Å². The normalized spacial score (nSPS) is 11.5. The number of nitrogens with zero attached hydrogens (tertiary/aromatic N) is 2. The van der Waals surface area contributed by atoms with Gasteiger partial charge in [0, 0.05) is 17.2 Å². The minimum absolute atomic E-state index is 0.0714. The van der Waals surface area contributed by atoms with Crippen molar-refractivity contribution in [2.75, 3.05) is 5.32 Å². The number of benzene rings is 1. The molecule has 1 aromatic carbocycles. The molecule has 0 aliphatic heterocycles. The molecular formula is C13H11BrClFN4O. The zero-order valence-corrected chi connectivity index (χ0v) is 13.0. The van der Waals surface area contributed by atoms with Crippen LogP contribution >= 0.6 is 27.5 Å². The number of hydrogen-bond donors (Lipinski definition) is 3. The van der Waals surface area contributed by atoms with E-state index >= 15 is 0 Å². The van der Waals surface area contributed by atoms with Crippen molar-refractivity contribution in [1.82, 2.24) is 4.98 Å². The molecule has 2 rings (SSSR count). The van der Waals surface area contributed by atoms with Gasteiger partial charge in [-0.3, -0.25) is 4.98 Å². The van der Waals surface area contributed by atoms with Gasteiger partial charge >= 0.3 is 0 Å². The van der Waals surface area contributed by atoms with Gasteiger partial charge < -0.3 is 16.3 Å². The number of aromatic nitrogens is 1. The number of anilines is 1. The van der Waals surface area contributed by atoms with E-state index in [1.165, 1.54) is 12.1 Å². The van der Waals surface area contributed by atoms with Gasteiger partial charge in [-0.05, 0) is 45.8 Å². The molecular weight excluding hydrogens is 363 g/mol. The Hall–Kier alpha value is -1.86. The Morgan fingerprint density at radius 3 is 2.90 bits per heavy atom. The lowest BCUT2D eigenvalue weighted by molar-refractivity contribution is 0.318. The molecule has 0 aliphatic carbocycles. The van der Waals surface area contributed by atoms with Crippen LogP contribution in [0.4, 0.5) is 10.1 Å². The van der Waals surface area contributed by atoms with Crippen molar-refractivity contribution < 1.29 is 9.60 Å². The third-order valence-corrected chi connectivity index (χ3v) is 3.59. The molecule has 0 saturated carbocycles. The second-order valence-corrected chi connectivity index (χ2v) is 5.39. The maximum atomic E-state index is 13.2. The van der Waals surface area contributed by atoms with E-state index in [0.717, 1.165) is 5.56 Å². The van der Waals surface area contributed by atoms with Crippen LogP contribution in [0.5, 0.6) is 0 Å². The summed E-state index contributed by atoms with van der Waals surface area (Å²) in [6, 6.07) is 5.99. The lowest BCUT2D eigenvalue weighted by atomic mass is 10.2. The summed E-state index contributed by atoms with van der Waals surface area (Å²) < 4.78 is 13.7. The van der Waals surface area contributed by atoms with E-state index in [0.29, 0.717) is 22.4 Å². The molecule has 2 aromatic rings. The summed E-state index contributed by atoms with van der Waals surface area (Å²) in [5, 5.41) is 14.9. The van der Waals surface area contributed by atoms with Gasteiger partial charge in [0.2, 0.25) is 0 Å². The molecule has 5 nitrogen and oxygen atoms in total. The van der Waals surface area contributed by atoms with Crippen molar-refractivity contribution in [3.8, 4) is 0 Å². The Morgan fingerprint density at radius 1 is 1.48 bits per heavy atom. The van der Waals surface area contributed by atoms with Crippen molar-refractivity contribution in [2.24, 2.45) is 10.9 Å². The number of nitrogens with one attached hydrogen (secondary N) is 1. The van der Waals surface area contributed by atoms with Crippen molar-refractivity contribution in [3.63, 3.8) is 0 Å². The molecule has 4 N–H and O–H groups in total. The van der Waals surface area contributed by atoms with Gasteiger partial charge in [-0.15, -0.1) is 0 Å². The predicted molar refractivity (Wildman–Crippen MR) is 83.2 cm³/mol. The molecule has 0 radical (unpaired) electrons. The monoisotopic (exact) mass is 372 g/mol. The summed E-state index contributed by atoms with van der Waals surface area (Å²) in [4.78, 5) is 3.98. The molecule has 0 bridgehead atoms. The molecule has 21 heavy (non-hydrogen) atoms. The van der Waals surface area contributed by atoms with Crippen LogP contribution in [0.25, 0.3) is 0 Å². The fourth-order valence-corrected chi connectivity index (χ4v) is 2.64. The first-order valence-corrected chi connectivity index (χ1v) is 6.99. The first-order chi connectivity index (χ1) is 10.0. The number of amidine groups is 1.